The Morgan fingerprint density at radius 2 is 2.05 bits per heavy atom. The number of hydrogen-bond acceptors (Lipinski definition) is 3. The Balaban J connectivity index is 1.72. The highest BCUT2D eigenvalue weighted by Gasteiger charge is 2.29. The van der Waals surface area contributed by atoms with E-state index in [1.807, 2.05) is 6.07 Å². The highest BCUT2D eigenvalue weighted by Crippen LogP contribution is 2.28. The van der Waals surface area contributed by atoms with Gasteiger partial charge in [-0.2, -0.15) is 8.78 Å². The van der Waals surface area contributed by atoms with Crippen molar-refractivity contribution in [2.24, 2.45) is 0 Å². The summed E-state index contributed by atoms with van der Waals surface area (Å²) in [5.74, 6) is 0.283. The smallest absolute Gasteiger partial charge is 0.387 e. The summed E-state index contributed by atoms with van der Waals surface area (Å²) in [5, 5.41) is 0. The van der Waals surface area contributed by atoms with Crippen LogP contribution in [0.3, 0.4) is 0 Å². The summed E-state index contributed by atoms with van der Waals surface area (Å²) < 4.78 is 30.7. The number of nitrogens with zero attached hydrogens (tertiary/aromatic N) is 2. The number of alkyl halides is 2. The van der Waals surface area contributed by atoms with Crippen LogP contribution in [0.2, 0.25) is 0 Å². The van der Waals surface area contributed by atoms with Gasteiger partial charge in [0.2, 0.25) is 0 Å². The Bertz CT molecular complexity index is 515. The van der Waals surface area contributed by atoms with Crippen LogP contribution in [0.25, 0.3) is 0 Å². The molecular weight excluding hydrogens is 354 g/mol. The molecule has 0 unspecified atom stereocenters. The molecule has 3 rings (SSSR count). The molecule has 0 bridgehead atoms. The fraction of sp³-hybridized carbons (Fsp3) is 0.625. The van der Waals surface area contributed by atoms with E-state index in [9.17, 15) is 8.78 Å². The fourth-order valence-electron chi connectivity index (χ4n) is 3.55. The van der Waals surface area contributed by atoms with E-state index >= 15 is 0 Å². The number of hydrogen-bond donors (Lipinski definition) is 0. The molecule has 2 heterocycles. The molecule has 0 aromatic heterocycles. The Labute approximate surface area is 138 Å². The summed E-state index contributed by atoms with van der Waals surface area (Å²) in [6.07, 6.45) is 3.65. The van der Waals surface area contributed by atoms with Crippen LogP contribution in [-0.4, -0.2) is 48.6 Å². The van der Waals surface area contributed by atoms with Crippen molar-refractivity contribution in [1.82, 2.24) is 9.80 Å². The van der Waals surface area contributed by atoms with Crippen molar-refractivity contribution in [3.63, 3.8) is 0 Å². The van der Waals surface area contributed by atoms with Crippen molar-refractivity contribution in [3.05, 3.63) is 28.2 Å². The van der Waals surface area contributed by atoms with Crippen LogP contribution in [0.15, 0.2) is 22.7 Å². The topological polar surface area (TPSA) is 15.7 Å². The first-order valence-electron chi connectivity index (χ1n) is 7.81. The highest BCUT2D eigenvalue weighted by molar-refractivity contribution is 9.10. The molecule has 0 spiro atoms. The molecule has 3 nitrogen and oxygen atoms in total. The van der Waals surface area contributed by atoms with Gasteiger partial charge in [-0.3, -0.25) is 9.80 Å². The molecule has 6 heteroatoms. The average Bonchev–Trinajstić information content (AvgIpc) is 2.80. The van der Waals surface area contributed by atoms with Gasteiger partial charge in [-0.1, -0.05) is 15.9 Å². The fourth-order valence-corrected chi connectivity index (χ4v) is 3.96. The standard InChI is InChI=1S/C16H21BrF2N2O/c17-13-4-5-15(22-16(18)19)12(9-13)10-20-6-2-8-21-7-1-3-14(21)11-20/h4-5,9,14,16H,1-3,6-8,10-11H2/t14-/m0/s1. The van der Waals surface area contributed by atoms with E-state index in [4.69, 9.17) is 0 Å². The summed E-state index contributed by atoms with van der Waals surface area (Å²) in [6.45, 7) is 2.25. The van der Waals surface area contributed by atoms with Crippen LogP contribution in [0, 0.1) is 0 Å². The predicted molar refractivity (Wildman–Crippen MR) is 85.3 cm³/mol. The van der Waals surface area contributed by atoms with Gasteiger partial charge in [0.25, 0.3) is 0 Å². The van der Waals surface area contributed by atoms with Crippen molar-refractivity contribution in [3.8, 4) is 5.75 Å². The quantitative estimate of drug-likeness (QED) is 0.798. The maximum Gasteiger partial charge on any atom is 0.387 e. The van der Waals surface area contributed by atoms with E-state index in [2.05, 4.69) is 30.5 Å². The summed E-state index contributed by atoms with van der Waals surface area (Å²) in [4.78, 5) is 4.94. The molecule has 0 aliphatic carbocycles. The summed E-state index contributed by atoms with van der Waals surface area (Å²) in [7, 11) is 0. The van der Waals surface area contributed by atoms with Crippen LogP contribution >= 0.6 is 15.9 Å². The van der Waals surface area contributed by atoms with Crippen molar-refractivity contribution in [2.45, 2.75) is 38.5 Å². The van der Waals surface area contributed by atoms with Crippen molar-refractivity contribution < 1.29 is 13.5 Å². The lowest BCUT2D eigenvalue weighted by atomic mass is 10.1. The molecule has 0 N–H and O–H groups in total. The van der Waals surface area contributed by atoms with E-state index < -0.39 is 6.61 Å². The molecule has 0 amide bonds. The normalized spacial score (nSPS) is 23.5. The van der Waals surface area contributed by atoms with Gasteiger partial charge in [-0.15, -0.1) is 0 Å². The predicted octanol–water partition coefficient (Wildman–Crippen LogP) is 3.72. The molecule has 122 valence electrons. The third kappa shape index (κ3) is 3.97. The Morgan fingerprint density at radius 1 is 1.23 bits per heavy atom. The van der Waals surface area contributed by atoms with E-state index in [-0.39, 0.29) is 5.75 Å². The lowest BCUT2D eigenvalue weighted by molar-refractivity contribution is -0.0508. The maximum atomic E-state index is 12.6. The minimum absolute atomic E-state index is 0.283. The van der Waals surface area contributed by atoms with Crippen molar-refractivity contribution in [1.29, 1.82) is 0 Å². The molecule has 0 saturated carbocycles. The number of fused-ring (bicyclic) bond motifs is 1. The third-order valence-corrected chi connectivity index (χ3v) is 5.01. The largest absolute Gasteiger partial charge is 0.434 e. The van der Waals surface area contributed by atoms with Gasteiger partial charge < -0.3 is 4.74 Å². The minimum Gasteiger partial charge on any atom is -0.434 e. The molecule has 1 aromatic rings. The van der Waals surface area contributed by atoms with Gasteiger partial charge >= 0.3 is 6.61 Å². The molecule has 22 heavy (non-hydrogen) atoms. The zero-order valence-corrected chi connectivity index (χ0v) is 14.1. The second-order valence-corrected chi connectivity index (χ2v) is 6.97. The van der Waals surface area contributed by atoms with Crippen LogP contribution in [-0.2, 0) is 6.54 Å². The van der Waals surface area contributed by atoms with Gasteiger partial charge in [-0.05, 0) is 57.1 Å². The number of halogens is 3. The molecular formula is C16H21BrF2N2O. The molecule has 1 atom stereocenters. The summed E-state index contributed by atoms with van der Waals surface area (Å²) in [5.41, 5.74) is 0.820. The lowest BCUT2D eigenvalue weighted by Gasteiger charge is -2.26. The Morgan fingerprint density at radius 3 is 2.86 bits per heavy atom. The Hall–Kier alpha value is -0.720. The second-order valence-electron chi connectivity index (χ2n) is 6.05. The monoisotopic (exact) mass is 374 g/mol. The zero-order chi connectivity index (χ0) is 15.5. The lowest BCUT2D eigenvalue weighted by Crippen LogP contribution is -2.36. The van der Waals surface area contributed by atoms with Gasteiger partial charge in [0, 0.05) is 29.2 Å². The molecule has 1 aromatic carbocycles. The number of benzene rings is 1. The maximum absolute atomic E-state index is 12.6. The van der Waals surface area contributed by atoms with Gasteiger partial charge in [-0.25, -0.2) is 0 Å². The average molecular weight is 375 g/mol. The van der Waals surface area contributed by atoms with Gasteiger partial charge in [0.15, 0.2) is 0 Å². The Kier molecular flexibility index (Phi) is 5.31. The first kappa shape index (κ1) is 16.1. The van der Waals surface area contributed by atoms with Crippen LogP contribution < -0.4 is 4.74 Å². The third-order valence-electron chi connectivity index (χ3n) is 4.52. The highest BCUT2D eigenvalue weighted by atomic mass is 79.9. The number of ether oxygens (including phenoxy) is 1. The molecule has 0 radical (unpaired) electrons. The second kappa shape index (κ2) is 7.23. The molecule has 2 fully saturated rings. The summed E-state index contributed by atoms with van der Waals surface area (Å²) in [6, 6.07) is 5.86. The number of rotatable bonds is 4. The minimum atomic E-state index is -2.78. The molecule has 2 aliphatic heterocycles. The van der Waals surface area contributed by atoms with Crippen LogP contribution in [0.5, 0.6) is 5.75 Å². The zero-order valence-electron chi connectivity index (χ0n) is 12.5. The first-order chi connectivity index (χ1) is 10.6. The van der Waals surface area contributed by atoms with Gasteiger partial charge in [0.05, 0.1) is 0 Å². The van der Waals surface area contributed by atoms with Crippen molar-refractivity contribution in [2.75, 3.05) is 26.2 Å². The van der Waals surface area contributed by atoms with Crippen LogP contribution in [0.4, 0.5) is 8.78 Å². The SMILES string of the molecule is FC(F)Oc1ccc(Br)cc1CN1CCCN2CCC[C@H]2C1. The van der Waals surface area contributed by atoms with E-state index in [0.29, 0.717) is 12.6 Å². The van der Waals surface area contributed by atoms with Crippen LogP contribution in [0.1, 0.15) is 24.8 Å². The summed E-state index contributed by atoms with van der Waals surface area (Å²) >= 11 is 3.42. The first-order valence-corrected chi connectivity index (χ1v) is 8.61. The molecule has 2 aliphatic rings. The van der Waals surface area contributed by atoms with Gasteiger partial charge in [0.1, 0.15) is 5.75 Å². The van der Waals surface area contributed by atoms with E-state index in [1.165, 1.54) is 19.4 Å². The van der Waals surface area contributed by atoms with E-state index in [1.54, 1.807) is 12.1 Å². The van der Waals surface area contributed by atoms with E-state index in [0.717, 1.165) is 36.1 Å². The van der Waals surface area contributed by atoms with Crippen molar-refractivity contribution >= 4 is 15.9 Å². The molecule has 2 saturated heterocycles.